The van der Waals surface area contributed by atoms with Gasteiger partial charge in [0.15, 0.2) is 10.7 Å². The van der Waals surface area contributed by atoms with Gasteiger partial charge in [0.1, 0.15) is 11.3 Å². The second-order valence-electron chi connectivity index (χ2n) is 6.82. The normalized spacial score (nSPS) is 10.6. The first-order valence-corrected chi connectivity index (χ1v) is 10.3. The number of aromatic nitrogens is 1. The maximum atomic E-state index is 12.2. The van der Waals surface area contributed by atoms with Gasteiger partial charge in [0.05, 0.1) is 13.0 Å². The molecule has 3 aromatic carbocycles. The zero-order chi connectivity index (χ0) is 21.6. The van der Waals surface area contributed by atoms with E-state index in [4.69, 9.17) is 21.4 Å². The van der Waals surface area contributed by atoms with E-state index < -0.39 is 0 Å². The van der Waals surface area contributed by atoms with Crippen LogP contribution < -0.4 is 15.4 Å². The summed E-state index contributed by atoms with van der Waals surface area (Å²) in [7, 11) is 0. The molecule has 6 nitrogen and oxygen atoms in total. The topological polar surface area (TPSA) is 76.4 Å². The smallest absolute Gasteiger partial charge is 0.230 e. The van der Waals surface area contributed by atoms with E-state index in [1.165, 1.54) is 0 Å². The molecule has 4 aromatic rings. The number of hydrogen-bond donors (Lipinski definition) is 2. The number of oxazole rings is 1. The van der Waals surface area contributed by atoms with Crippen molar-refractivity contribution in [1.82, 2.24) is 10.3 Å². The molecule has 0 aliphatic heterocycles. The van der Waals surface area contributed by atoms with Gasteiger partial charge in [0, 0.05) is 11.3 Å². The molecule has 1 aromatic heterocycles. The minimum absolute atomic E-state index is 0.177. The zero-order valence-electron chi connectivity index (χ0n) is 16.9. The Morgan fingerprint density at radius 3 is 2.58 bits per heavy atom. The Kier molecular flexibility index (Phi) is 6.24. The van der Waals surface area contributed by atoms with Crippen molar-refractivity contribution < 1.29 is 13.9 Å². The van der Waals surface area contributed by atoms with Crippen LogP contribution in [0.15, 0.2) is 77.2 Å². The van der Waals surface area contributed by atoms with E-state index in [1.807, 2.05) is 79.7 Å². The van der Waals surface area contributed by atoms with Crippen molar-refractivity contribution in [3.05, 3.63) is 78.4 Å². The summed E-state index contributed by atoms with van der Waals surface area (Å²) in [6, 6.07) is 22.6. The first kappa shape index (κ1) is 20.6. The Morgan fingerprint density at radius 1 is 1.06 bits per heavy atom. The summed E-state index contributed by atoms with van der Waals surface area (Å²) < 4.78 is 11.3. The quantitative estimate of drug-likeness (QED) is 0.421. The molecule has 0 atom stereocenters. The highest BCUT2D eigenvalue weighted by molar-refractivity contribution is 7.80. The van der Waals surface area contributed by atoms with Crippen molar-refractivity contribution in [2.24, 2.45) is 0 Å². The number of ether oxygens (including phenoxy) is 1. The molecule has 0 aliphatic carbocycles. The van der Waals surface area contributed by atoms with Crippen LogP contribution in [-0.2, 0) is 11.2 Å². The lowest BCUT2D eigenvalue weighted by atomic mass is 10.1. The summed E-state index contributed by atoms with van der Waals surface area (Å²) in [5, 5.41) is 5.95. The van der Waals surface area contributed by atoms with Crippen molar-refractivity contribution in [2.45, 2.75) is 13.3 Å². The molecule has 0 fully saturated rings. The van der Waals surface area contributed by atoms with Crippen molar-refractivity contribution in [3.63, 3.8) is 0 Å². The van der Waals surface area contributed by atoms with Crippen molar-refractivity contribution in [1.29, 1.82) is 0 Å². The molecule has 0 radical (unpaired) electrons. The Hall–Kier alpha value is -3.71. The minimum Gasteiger partial charge on any atom is -0.494 e. The van der Waals surface area contributed by atoms with Crippen LogP contribution in [0.2, 0.25) is 0 Å². The molecule has 4 rings (SSSR count). The highest BCUT2D eigenvalue weighted by Crippen LogP contribution is 2.27. The number of rotatable bonds is 6. The van der Waals surface area contributed by atoms with Gasteiger partial charge in [0.2, 0.25) is 11.8 Å². The Morgan fingerprint density at radius 2 is 1.84 bits per heavy atom. The molecular weight excluding hydrogens is 410 g/mol. The van der Waals surface area contributed by atoms with Gasteiger partial charge >= 0.3 is 0 Å². The van der Waals surface area contributed by atoms with E-state index in [-0.39, 0.29) is 17.4 Å². The summed E-state index contributed by atoms with van der Waals surface area (Å²) >= 11 is 5.27. The minimum atomic E-state index is -0.177. The van der Waals surface area contributed by atoms with Gasteiger partial charge in [0.25, 0.3) is 0 Å². The standard InChI is InChI=1S/C24H21N3O3S/c1-2-29-19-11-8-17(9-12-19)23-26-20-15-18(10-13-21(20)30-23)25-24(31)27-22(28)14-16-6-4-3-5-7-16/h3-13,15H,2,14H2,1H3,(H2,25,27,28,31). The third-order valence-electron chi connectivity index (χ3n) is 4.52. The van der Waals surface area contributed by atoms with Gasteiger partial charge in [-0.3, -0.25) is 4.79 Å². The average molecular weight is 432 g/mol. The first-order chi connectivity index (χ1) is 15.1. The van der Waals surface area contributed by atoms with Gasteiger partial charge in [-0.25, -0.2) is 4.98 Å². The van der Waals surface area contributed by atoms with Crippen LogP contribution >= 0.6 is 12.2 Å². The van der Waals surface area contributed by atoms with Crippen LogP contribution in [-0.4, -0.2) is 22.6 Å². The predicted octanol–water partition coefficient (Wildman–Crippen LogP) is 4.95. The summed E-state index contributed by atoms with van der Waals surface area (Å²) in [6.45, 7) is 2.56. The number of thiocarbonyl (C=S) groups is 1. The van der Waals surface area contributed by atoms with Gasteiger partial charge in [-0.15, -0.1) is 0 Å². The predicted molar refractivity (Wildman–Crippen MR) is 125 cm³/mol. The largest absolute Gasteiger partial charge is 0.494 e. The molecule has 0 saturated carbocycles. The molecule has 1 amide bonds. The summed E-state index contributed by atoms with van der Waals surface area (Å²) in [5.41, 5.74) is 3.84. The second-order valence-corrected chi connectivity index (χ2v) is 7.23. The van der Waals surface area contributed by atoms with Crippen LogP contribution in [0.3, 0.4) is 0 Å². The maximum Gasteiger partial charge on any atom is 0.230 e. The van der Waals surface area contributed by atoms with Crippen molar-refractivity contribution in [2.75, 3.05) is 11.9 Å². The number of benzene rings is 3. The van der Waals surface area contributed by atoms with Crippen LogP contribution in [0.5, 0.6) is 5.75 Å². The summed E-state index contributed by atoms with van der Waals surface area (Å²) in [4.78, 5) is 16.7. The molecule has 7 heteroatoms. The lowest BCUT2D eigenvalue weighted by Crippen LogP contribution is -2.35. The number of hydrogen-bond acceptors (Lipinski definition) is 5. The number of nitrogens with zero attached hydrogens (tertiary/aromatic N) is 1. The lowest BCUT2D eigenvalue weighted by molar-refractivity contribution is -0.119. The van der Waals surface area contributed by atoms with Crippen molar-refractivity contribution >= 4 is 40.0 Å². The van der Waals surface area contributed by atoms with Gasteiger partial charge in [-0.05, 0) is 67.2 Å². The maximum absolute atomic E-state index is 12.2. The highest BCUT2D eigenvalue weighted by Gasteiger charge is 2.11. The Labute approximate surface area is 185 Å². The summed E-state index contributed by atoms with van der Waals surface area (Å²) in [6.07, 6.45) is 0.260. The van der Waals surface area contributed by atoms with E-state index in [1.54, 1.807) is 0 Å². The zero-order valence-corrected chi connectivity index (χ0v) is 17.7. The lowest BCUT2D eigenvalue weighted by Gasteiger charge is -2.09. The third-order valence-corrected chi connectivity index (χ3v) is 4.72. The van der Waals surface area contributed by atoms with E-state index in [0.29, 0.717) is 29.3 Å². The Balaban J connectivity index is 1.41. The van der Waals surface area contributed by atoms with E-state index >= 15 is 0 Å². The highest BCUT2D eigenvalue weighted by atomic mass is 32.1. The van der Waals surface area contributed by atoms with Crippen LogP contribution in [0.1, 0.15) is 12.5 Å². The number of amides is 1. The fourth-order valence-electron chi connectivity index (χ4n) is 3.10. The Bertz CT molecular complexity index is 1200. The SMILES string of the molecule is CCOc1ccc(-c2nc3cc(NC(=S)NC(=O)Cc4ccccc4)ccc3o2)cc1. The number of fused-ring (bicyclic) bond motifs is 1. The van der Waals surface area contributed by atoms with Crippen molar-refractivity contribution in [3.8, 4) is 17.2 Å². The molecular formula is C24H21N3O3S. The van der Waals surface area contributed by atoms with E-state index in [0.717, 1.165) is 16.9 Å². The molecule has 0 bridgehead atoms. The molecule has 0 unspecified atom stereocenters. The molecule has 0 spiro atoms. The monoisotopic (exact) mass is 431 g/mol. The van der Waals surface area contributed by atoms with Crippen LogP contribution in [0.25, 0.3) is 22.6 Å². The molecule has 31 heavy (non-hydrogen) atoms. The van der Waals surface area contributed by atoms with Gasteiger partial charge < -0.3 is 19.8 Å². The summed E-state index contributed by atoms with van der Waals surface area (Å²) in [5.74, 6) is 1.15. The number of carbonyl (C=O) groups is 1. The van der Waals surface area contributed by atoms with E-state index in [2.05, 4.69) is 15.6 Å². The second kappa shape index (κ2) is 9.40. The molecule has 0 aliphatic rings. The van der Waals surface area contributed by atoms with E-state index in [9.17, 15) is 4.79 Å². The third kappa shape index (κ3) is 5.26. The number of anilines is 1. The molecule has 1 heterocycles. The fourth-order valence-corrected chi connectivity index (χ4v) is 3.34. The van der Waals surface area contributed by atoms with Crippen LogP contribution in [0, 0.1) is 0 Å². The molecule has 2 N–H and O–H groups in total. The first-order valence-electron chi connectivity index (χ1n) is 9.89. The van der Waals surface area contributed by atoms with Gasteiger partial charge in [-0.2, -0.15) is 0 Å². The van der Waals surface area contributed by atoms with Gasteiger partial charge in [-0.1, -0.05) is 30.3 Å². The average Bonchev–Trinajstić information content (AvgIpc) is 3.18. The molecule has 156 valence electrons. The van der Waals surface area contributed by atoms with Crippen LogP contribution in [0.4, 0.5) is 5.69 Å². The molecule has 0 saturated heterocycles. The number of carbonyl (C=O) groups excluding carboxylic acids is 1. The fraction of sp³-hybridized carbons (Fsp3) is 0.125. The number of nitrogens with one attached hydrogen (secondary N) is 2.